The van der Waals surface area contributed by atoms with Gasteiger partial charge < -0.3 is 20.5 Å². The van der Waals surface area contributed by atoms with E-state index in [2.05, 4.69) is 15.3 Å². The fourth-order valence-corrected chi connectivity index (χ4v) is 3.28. The SMILES string of the molecule is C[C@H](CC(Cc1ccc(-c2ccccc2)cc1)NC(=O)c1cnc(C(=O)O)[nH]1)C(=O)O. The van der Waals surface area contributed by atoms with Crippen LogP contribution in [0.15, 0.2) is 60.8 Å². The molecule has 0 aliphatic rings. The zero-order valence-electron chi connectivity index (χ0n) is 16.9. The van der Waals surface area contributed by atoms with Crippen molar-refractivity contribution in [3.8, 4) is 11.1 Å². The van der Waals surface area contributed by atoms with E-state index in [0.717, 1.165) is 22.9 Å². The van der Waals surface area contributed by atoms with Gasteiger partial charge in [0.05, 0.1) is 12.1 Å². The van der Waals surface area contributed by atoms with Crippen molar-refractivity contribution >= 4 is 17.8 Å². The number of aromatic carboxylic acids is 1. The molecule has 0 bridgehead atoms. The number of carbonyl (C=O) groups is 3. The lowest BCUT2D eigenvalue weighted by Gasteiger charge is -2.21. The second kappa shape index (κ2) is 9.71. The first kappa shape index (κ1) is 21.8. The molecule has 0 aliphatic heterocycles. The molecule has 0 radical (unpaired) electrons. The minimum absolute atomic E-state index is 0.00445. The number of aromatic amines is 1. The third kappa shape index (κ3) is 5.79. The number of rotatable bonds is 9. The van der Waals surface area contributed by atoms with Gasteiger partial charge in [-0.05, 0) is 29.5 Å². The first-order valence-electron chi connectivity index (χ1n) is 9.80. The van der Waals surface area contributed by atoms with E-state index >= 15 is 0 Å². The smallest absolute Gasteiger partial charge is 0.371 e. The van der Waals surface area contributed by atoms with E-state index in [1.165, 1.54) is 0 Å². The van der Waals surface area contributed by atoms with Crippen molar-refractivity contribution in [2.24, 2.45) is 5.92 Å². The average molecular weight is 421 g/mol. The summed E-state index contributed by atoms with van der Waals surface area (Å²) in [6.07, 6.45) is 1.80. The monoisotopic (exact) mass is 421 g/mol. The quantitative estimate of drug-likeness (QED) is 0.419. The number of carbonyl (C=O) groups excluding carboxylic acids is 1. The van der Waals surface area contributed by atoms with Crippen molar-refractivity contribution in [3.63, 3.8) is 0 Å². The molecular formula is C23H23N3O5. The van der Waals surface area contributed by atoms with Crippen LogP contribution in [0.5, 0.6) is 0 Å². The first-order chi connectivity index (χ1) is 14.8. The molecule has 0 saturated heterocycles. The Bertz CT molecular complexity index is 1060. The molecule has 1 amide bonds. The fraction of sp³-hybridized carbons (Fsp3) is 0.217. The van der Waals surface area contributed by atoms with Crippen LogP contribution in [-0.2, 0) is 11.2 Å². The zero-order valence-corrected chi connectivity index (χ0v) is 16.9. The van der Waals surface area contributed by atoms with Gasteiger partial charge in [-0.2, -0.15) is 0 Å². The van der Waals surface area contributed by atoms with Gasteiger partial charge in [-0.1, -0.05) is 61.5 Å². The van der Waals surface area contributed by atoms with Crippen LogP contribution in [0.3, 0.4) is 0 Å². The average Bonchev–Trinajstić information content (AvgIpc) is 3.25. The van der Waals surface area contributed by atoms with Crippen LogP contribution in [0.4, 0.5) is 0 Å². The third-order valence-corrected chi connectivity index (χ3v) is 4.96. The molecule has 4 N–H and O–H groups in total. The number of hydrogen-bond donors (Lipinski definition) is 4. The second-order valence-corrected chi connectivity index (χ2v) is 7.36. The number of aromatic nitrogens is 2. The maximum Gasteiger partial charge on any atom is 0.371 e. The Hall–Kier alpha value is -3.94. The number of benzene rings is 2. The molecule has 2 atom stereocenters. The van der Waals surface area contributed by atoms with Crippen molar-refractivity contribution in [1.82, 2.24) is 15.3 Å². The van der Waals surface area contributed by atoms with Gasteiger partial charge >= 0.3 is 11.9 Å². The van der Waals surface area contributed by atoms with Crippen LogP contribution < -0.4 is 5.32 Å². The van der Waals surface area contributed by atoms with E-state index in [9.17, 15) is 19.5 Å². The second-order valence-electron chi connectivity index (χ2n) is 7.36. The molecule has 1 aromatic heterocycles. The maximum atomic E-state index is 12.5. The Morgan fingerprint density at radius 3 is 2.23 bits per heavy atom. The van der Waals surface area contributed by atoms with Crippen LogP contribution in [0, 0.1) is 5.92 Å². The van der Waals surface area contributed by atoms with Crippen molar-refractivity contribution < 1.29 is 24.6 Å². The molecule has 31 heavy (non-hydrogen) atoms. The van der Waals surface area contributed by atoms with Crippen LogP contribution in [-0.4, -0.2) is 44.1 Å². The Morgan fingerprint density at radius 1 is 1.00 bits per heavy atom. The minimum Gasteiger partial charge on any atom is -0.481 e. The number of aliphatic carboxylic acids is 1. The Morgan fingerprint density at radius 2 is 1.65 bits per heavy atom. The summed E-state index contributed by atoms with van der Waals surface area (Å²) in [7, 11) is 0. The van der Waals surface area contributed by atoms with E-state index in [4.69, 9.17) is 5.11 Å². The van der Waals surface area contributed by atoms with E-state index in [1.54, 1.807) is 6.92 Å². The van der Waals surface area contributed by atoms with E-state index in [1.807, 2.05) is 54.6 Å². The summed E-state index contributed by atoms with van der Waals surface area (Å²) in [5.41, 5.74) is 3.09. The highest BCUT2D eigenvalue weighted by Gasteiger charge is 2.22. The van der Waals surface area contributed by atoms with Gasteiger partial charge in [0.2, 0.25) is 5.82 Å². The highest BCUT2D eigenvalue weighted by Crippen LogP contribution is 2.20. The zero-order chi connectivity index (χ0) is 22.4. The summed E-state index contributed by atoms with van der Waals surface area (Å²) >= 11 is 0. The van der Waals surface area contributed by atoms with E-state index < -0.39 is 29.8 Å². The minimum atomic E-state index is -1.27. The van der Waals surface area contributed by atoms with E-state index in [-0.39, 0.29) is 17.9 Å². The standard InChI is InChI=1S/C23H23N3O5/c1-14(22(28)29)11-18(25-21(27)19-13-24-20(26-19)23(30)31)12-15-7-9-17(10-8-15)16-5-3-2-4-6-16/h2-10,13-14,18H,11-12H2,1H3,(H,24,26)(H,25,27)(H,28,29)(H,30,31)/t14-,18?/m1/s1. The lowest BCUT2D eigenvalue weighted by Crippen LogP contribution is -2.38. The van der Waals surface area contributed by atoms with Gasteiger partial charge in [-0.15, -0.1) is 0 Å². The number of H-pyrrole nitrogens is 1. The molecule has 0 fully saturated rings. The summed E-state index contributed by atoms with van der Waals surface area (Å²) in [5, 5.41) is 21.0. The third-order valence-electron chi connectivity index (χ3n) is 4.96. The lowest BCUT2D eigenvalue weighted by molar-refractivity contribution is -0.141. The number of hydrogen-bond acceptors (Lipinski definition) is 4. The van der Waals surface area contributed by atoms with Crippen LogP contribution in [0.25, 0.3) is 11.1 Å². The molecule has 3 rings (SSSR count). The van der Waals surface area contributed by atoms with Crippen LogP contribution >= 0.6 is 0 Å². The summed E-state index contributed by atoms with van der Waals surface area (Å²) in [4.78, 5) is 40.9. The van der Waals surface area contributed by atoms with Gasteiger partial charge in [-0.25, -0.2) is 9.78 Å². The summed E-state index contributed by atoms with van der Waals surface area (Å²) in [6.45, 7) is 1.58. The van der Waals surface area contributed by atoms with Crippen molar-refractivity contribution in [3.05, 3.63) is 77.9 Å². The van der Waals surface area contributed by atoms with Crippen LogP contribution in [0.1, 0.15) is 40.0 Å². The molecule has 3 aromatic rings. The van der Waals surface area contributed by atoms with Crippen molar-refractivity contribution in [2.75, 3.05) is 0 Å². The largest absolute Gasteiger partial charge is 0.481 e. The summed E-state index contributed by atoms with van der Waals surface area (Å²) in [5.74, 6) is -3.76. The molecule has 2 aromatic carbocycles. The number of amides is 1. The highest BCUT2D eigenvalue weighted by molar-refractivity contribution is 5.94. The molecular weight excluding hydrogens is 398 g/mol. The van der Waals surface area contributed by atoms with Gasteiger partial charge in [-0.3, -0.25) is 9.59 Å². The Labute approximate surface area is 179 Å². The maximum absolute atomic E-state index is 12.5. The van der Waals surface area contributed by atoms with E-state index in [0.29, 0.717) is 6.42 Å². The predicted octanol–water partition coefficient (Wildman–Crippen LogP) is 3.23. The number of carboxylic acids is 2. The molecule has 1 unspecified atom stereocenters. The van der Waals surface area contributed by atoms with Crippen molar-refractivity contribution in [1.29, 1.82) is 0 Å². The molecule has 0 spiro atoms. The van der Waals surface area contributed by atoms with Gasteiger partial charge in [0.15, 0.2) is 0 Å². The summed E-state index contributed by atoms with van der Waals surface area (Å²) in [6, 6.07) is 17.3. The molecule has 8 heteroatoms. The Balaban J connectivity index is 1.74. The first-order valence-corrected chi connectivity index (χ1v) is 9.80. The number of carboxylic acid groups (broad SMARTS) is 2. The number of nitrogens with one attached hydrogen (secondary N) is 2. The van der Waals surface area contributed by atoms with Crippen LogP contribution in [0.2, 0.25) is 0 Å². The predicted molar refractivity (Wildman–Crippen MR) is 114 cm³/mol. The number of nitrogens with zero attached hydrogens (tertiary/aromatic N) is 1. The highest BCUT2D eigenvalue weighted by atomic mass is 16.4. The molecule has 160 valence electrons. The molecule has 0 saturated carbocycles. The van der Waals surface area contributed by atoms with Gasteiger partial charge in [0, 0.05) is 6.04 Å². The molecule has 8 nitrogen and oxygen atoms in total. The summed E-state index contributed by atoms with van der Waals surface area (Å²) < 4.78 is 0. The van der Waals surface area contributed by atoms with Crippen molar-refractivity contribution in [2.45, 2.75) is 25.8 Å². The number of imidazole rings is 1. The normalized spacial score (nSPS) is 12.7. The fourth-order valence-electron chi connectivity index (χ4n) is 3.28. The van der Waals surface area contributed by atoms with Gasteiger partial charge in [0.1, 0.15) is 5.69 Å². The van der Waals surface area contributed by atoms with Gasteiger partial charge in [0.25, 0.3) is 5.91 Å². The lowest BCUT2D eigenvalue weighted by atomic mass is 9.95. The molecule has 1 heterocycles. The molecule has 0 aliphatic carbocycles. The Kier molecular flexibility index (Phi) is 6.81. The topological polar surface area (TPSA) is 132 Å².